The maximum absolute atomic E-state index is 13.0. The van der Waals surface area contributed by atoms with Gasteiger partial charge in [0.15, 0.2) is 0 Å². The van der Waals surface area contributed by atoms with E-state index in [0.717, 1.165) is 11.6 Å². The van der Waals surface area contributed by atoms with Gasteiger partial charge < -0.3 is 10.5 Å². The van der Waals surface area contributed by atoms with Crippen molar-refractivity contribution < 1.29 is 17.9 Å². The Hall–Kier alpha value is -2.01. The van der Waals surface area contributed by atoms with Crippen LogP contribution in [0.2, 0.25) is 0 Å². The number of aryl methyl sites for hydroxylation is 1. The van der Waals surface area contributed by atoms with E-state index in [0.29, 0.717) is 11.3 Å². The zero-order valence-electron chi connectivity index (χ0n) is 10.9. The van der Waals surface area contributed by atoms with E-state index in [1.165, 1.54) is 12.1 Å². The van der Waals surface area contributed by atoms with Crippen LogP contribution in [0.15, 0.2) is 42.5 Å². The maximum Gasteiger partial charge on any atom is 0.419 e. The van der Waals surface area contributed by atoms with Crippen LogP contribution in [0, 0.1) is 6.92 Å². The molecule has 0 saturated heterocycles. The normalized spacial score (nSPS) is 11.4. The molecule has 0 spiro atoms. The first kappa shape index (κ1) is 14.4. The highest BCUT2D eigenvalue weighted by atomic mass is 19.4. The number of halogens is 3. The summed E-state index contributed by atoms with van der Waals surface area (Å²) in [5.41, 5.74) is 5.97. The minimum atomic E-state index is -4.48. The standard InChI is InChI=1S/C15H14F3NO/c1-10-2-5-12(6-3-10)20-14-7-4-11(9-19)8-13(14)15(16,17)18/h2-8H,9,19H2,1H3. The van der Waals surface area contributed by atoms with E-state index < -0.39 is 11.7 Å². The molecule has 2 aromatic rings. The fourth-order valence-corrected chi connectivity index (χ4v) is 1.75. The highest BCUT2D eigenvalue weighted by Gasteiger charge is 2.34. The number of alkyl halides is 3. The Bertz CT molecular complexity index is 591. The van der Waals surface area contributed by atoms with E-state index in [1.807, 2.05) is 6.92 Å². The Morgan fingerprint density at radius 2 is 1.70 bits per heavy atom. The molecule has 0 bridgehead atoms. The number of hydrogen-bond donors (Lipinski definition) is 1. The maximum atomic E-state index is 13.0. The summed E-state index contributed by atoms with van der Waals surface area (Å²) in [4.78, 5) is 0. The second-order valence-electron chi connectivity index (χ2n) is 4.45. The van der Waals surface area contributed by atoms with Crippen LogP contribution in [0.4, 0.5) is 13.2 Å². The van der Waals surface area contributed by atoms with Gasteiger partial charge in [-0.15, -0.1) is 0 Å². The van der Waals surface area contributed by atoms with Crippen LogP contribution in [-0.2, 0) is 12.7 Å². The van der Waals surface area contributed by atoms with Crippen LogP contribution in [0.3, 0.4) is 0 Å². The molecule has 0 radical (unpaired) electrons. The lowest BCUT2D eigenvalue weighted by Crippen LogP contribution is -2.09. The number of nitrogens with two attached hydrogens (primary N) is 1. The average molecular weight is 281 g/mol. The molecule has 2 rings (SSSR count). The summed E-state index contributed by atoms with van der Waals surface area (Å²) in [7, 11) is 0. The predicted octanol–water partition coefficient (Wildman–Crippen LogP) is 4.26. The monoisotopic (exact) mass is 281 g/mol. The van der Waals surface area contributed by atoms with E-state index in [1.54, 1.807) is 24.3 Å². The third kappa shape index (κ3) is 3.30. The van der Waals surface area contributed by atoms with Crippen molar-refractivity contribution in [3.63, 3.8) is 0 Å². The molecule has 106 valence electrons. The molecule has 0 aliphatic carbocycles. The van der Waals surface area contributed by atoms with Gasteiger partial charge in [-0.2, -0.15) is 13.2 Å². The molecule has 0 aliphatic heterocycles. The van der Waals surface area contributed by atoms with E-state index >= 15 is 0 Å². The zero-order chi connectivity index (χ0) is 14.8. The van der Waals surface area contributed by atoms with Crippen LogP contribution in [0.5, 0.6) is 11.5 Å². The smallest absolute Gasteiger partial charge is 0.419 e. The van der Waals surface area contributed by atoms with Crippen LogP contribution >= 0.6 is 0 Å². The Labute approximate surface area is 115 Å². The Morgan fingerprint density at radius 3 is 2.25 bits per heavy atom. The molecule has 0 atom stereocenters. The van der Waals surface area contributed by atoms with E-state index in [4.69, 9.17) is 10.5 Å². The van der Waals surface area contributed by atoms with Gasteiger partial charge in [-0.3, -0.25) is 0 Å². The van der Waals surface area contributed by atoms with Crippen molar-refractivity contribution in [2.24, 2.45) is 5.73 Å². The predicted molar refractivity (Wildman–Crippen MR) is 70.6 cm³/mol. The minimum Gasteiger partial charge on any atom is -0.457 e. The molecule has 0 heterocycles. The van der Waals surface area contributed by atoms with Gasteiger partial charge in [-0.1, -0.05) is 23.8 Å². The first-order valence-electron chi connectivity index (χ1n) is 6.05. The van der Waals surface area contributed by atoms with Crippen molar-refractivity contribution in [1.82, 2.24) is 0 Å². The molecule has 0 aliphatic rings. The Balaban J connectivity index is 2.38. The van der Waals surface area contributed by atoms with Crippen molar-refractivity contribution in [3.05, 3.63) is 59.2 Å². The van der Waals surface area contributed by atoms with Gasteiger partial charge in [0, 0.05) is 6.54 Å². The SMILES string of the molecule is Cc1ccc(Oc2ccc(CN)cc2C(F)(F)F)cc1. The summed E-state index contributed by atoms with van der Waals surface area (Å²) in [6.07, 6.45) is -4.48. The summed E-state index contributed by atoms with van der Waals surface area (Å²) in [6, 6.07) is 10.7. The molecule has 0 aromatic heterocycles. The van der Waals surface area contributed by atoms with Crippen molar-refractivity contribution >= 4 is 0 Å². The van der Waals surface area contributed by atoms with Gasteiger partial charge in [0.25, 0.3) is 0 Å². The second kappa shape index (κ2) is 5.54. The molecule has 0 saturated carbocycles. The molecule has 20 heavy (non-hydrogen) atoms. The fraction of sp³-hybridized carbons (Fsp3) is 0.200. The van der Waals surface area contributed by atoms with Crippen LogP contribution in [-0.4, -0.2) is 0 Å². The van der Waals surface area contributed by atoms with Crippen molar-refractivity contribution in [2.75, 3.05) is 0 Å². The molecule has 5 heteroatoms. The van der Waals surface area contributed by atoms with E-state index in [-0.39, 0.29) is 12.3 Å². The largest absolute Gasteiger partial charge is 0.457 e. The third-order valence-electron chi connectivity index (χ3n) is 2.83. The second-order valence-corrected chi connectivity index (χ2v) is 4.45. The topological polar surface area (TPSA) is 35.2 Å². The van der Waals surface area contributed by atoms with Crippen molar-refractivity contribution in [3.8, 4) is 11.5 Å². The fourth-order valence-electron chi connectivity index (χ4n) is 1.75. The first-order chi connectivity index (χ1) is 9.40. The van der Waals surface area contributed by atoms with Crippen molar-refractivity contribution in [1.29, 1.82) is 0 Å². The number of hydrogen-bond acceptors (Lipinski definition) is 2. The molecule has 0 amide bonds. The molecule has 0 fully saturated rings. The summed E-state index contributed by atoms with van der Waals surface area (Å²) < 4.78 is 44.4. The molecule has 2 aromatic carbocycles. The summed E-state index contributed by atoms with van der Waals surface area (Å²) in [5, 5.41) is 0. The van der Waals surface area contributed by atoms with Crippen LogP contribution in [0.1, 0.15) is 16.7 Å². The highest BCUT2D eigenvalue weighted by Crippen LogP contribution is 2.38. The Morgan fingerprint density at radius 1 is 1.05 bits per heavy atom. The summed E-state index contributed by atoms with van der Waals surface area (Å²) in [6.45, 7) is 1.94. The molecular weight excluding hydrogens is 267 g/mol. The lowest BCUT2D eigenvalue weighted by molar-refractivity contribution is -0.138. The minimum absolute atomic E-state index is 0.0495. The lowest BCUT2D eigenvalue weighted by Gasteiger charge is -2.15. The Kier molecular flexibility index (Phi) is 3.99. The van der Waals surface area contributed by atoms with Crippen LogP contribution in [0.25, 0.3) is 0 Å². The van der Waals surface area contributed by atoms with Gasteiger partial charge in [0.05, 0.1) is 5.56 Å². The molecule has 0 unspecified atom stereocenters. The van der Waals surface area contributed by atoms with Crippen LogP contribution < -0.4 is 10.5 Å². The zero-order valence-corrected chi connectivity index (χ0v) is 10.9. The summed E-state index contributed by atoms with van der Waals surface area (Å²) in [5.74, 6) is 0.139. The number of rotatable bonds is 3. The highest BCUT2D eigenvalue weighted by molar-refractivity contribution is 5.42. The third-order valence-corrected chi connectivity index (χ3v) is 2.83. The lowest BCUT2D eigenvalue weighted by atomic mass is 10.1. The molecule has 2 nitrogen and oxygen atoms in total. The number of ether oxygens (including phenoxy) is 1. The van der Waals surface area contributed by atoms with Crippen molar-refractivity contribution in [2.45, 2.75) is 19.6 Å². The van der Waals surface area contributed by atoms with Gasteiger partial charge in [0.1, 0.15) is 11.5 Å². The van der Waals surface area contributed by atoms with Gasteiger partial charge >= 0.3 is 6.18 Å². The van der Waals surface area contributed by atoms with E-state index in [2.05, 4.69) is 0 Å². The quantitative estimate of drug-likeness (QED) is 0.912. The first-order valence-corrected chi connectivity index (χ1v) is 6.05. The molecular formula is C15H14F3NO. The van der Waals surface area contributed by atoms with Gasteiger partial charge in [-0.05, 0) is 36.8 Å². The summed E-state index contributed by atoms with van der Waals surface area (Å²) >= 11 is 0. The number of benzene rings is 2. The van der Waals surface area contributed by atoms with E-state index in [9.17, 15) is 13.2 Å². The van der Waals surface area contributed by atoms with Gasteiger partial charge in [-0.25, -0.2) is 0 Å². The average Bonchev–Trinajstić information content (AvgIpc) is 2.40. The molecule has 2 N–H and O–H groups in total. The van der Waals surface area contributed by atoms with Gasteiger partial charge in [0.2, 0.25) is 0 Å².